The van der Waals surface area contributed by atoms with Crippen molar-refractivity contribution in [2.24, 2.45) is 17.8 Å². The number of carbonyl (C=O) groups is 1. The summed E-state index contributed by atoms with van der Waals surface area (Å²) in [5.74, 6) is 2.06. The van der Waals surface area contributed by atoms with Gasteiger partial charge in [-0.1, -0.05) is 0 Å². The Bertz CT molecular complexity index is 368. The van der Waals surface area contributed by atoms with Crippen LogP contribution in [0.15, 0.2) is 0 Å². The molecule has 1 heterocycles. The van der Waals surface area contributed by atoms with Crippen molar-refractivity contribution in [2.45, 2.75) is 56.0 Å². The van der Waals surface area contributed by atoms with E-state index in [1.807, 2.05) is 0 Å². The third kappa shape index (κ3) is 2.00. The molecule has 106 valence electrons. The summed E-state index contributed by atoms with van der Waals surface area (Å²) in [6.07, 6.45) is 8.45. The van der Waals surface area contributed by atoms with Crippen LogP contribution < -0.4 is 10.6 Å². The van der Waals surface area contributed by atoms with E-state index in [2.05, 4.69) is 10.6 Å². The highest BCUT2D eigenvalue weighted by molar-refractivity contribution is 5.69. The first-order chi connectivity index (χ1) is 9.07. The molecule has 0 radical (unpaired) electrons. The van der Waals surface area contributed by atoms with Gasteiger partial charge >= 0.3 is 5.97 Å². The lowest BCUT2D eigenvalue weighted by molar-refractivity contribution is -0.140. The third-order valence-electron chi connectivity index (χ3n) is 5.98. The van der Waals surface area contributed by atoms with Crippen LogP contribution in [0.5, 0.6) is 0 Å². The van der Waals surface area contributed by atoms with Gasteiger partial charge in [0.2, 0.25) is 0 Å². The largest absolute Gasteiger partial charge is 0.481 e. The van der Waals surface area contributed by atoms with Crippen LogP contribution in [0.2, 0.25) is 0 Å². The van der Waals surface area contributed by atoms with E-state index in [-0.39, 0.29) is 17.5 Å². The smallest absolute Gasteiger partial charge is 0.305 e. The fourth-order valence-electron chi connectivity index (χ4n) is 5.80. The Labute approximate surface area is 114 Å². The first kappa shape index (κ1) is 12.2. The molecule has 4 heteroatoms. The molecule has 0 amide bonds. The molecule has 0 aromatic rings. The zero-order valence-electron chi connectivity index (χ0n) is 11.5. The zero-order chi connectivity index (χ0) is 13.1. The molecule has 0 atom stereocenters. The van der Waals surface area contributed by atoms with Gasteiger partial charge in [-0.25, -0.2) is 0 Å². The van der Waals surface area contributed by atoms with Crippen LogP contribution in [0, 0.1) is 17.8 Å². The van der Waals surface area contributed by atoms with Gasteiger partial charge in [0.15, 0.2) is 0 Å². The van der Waals surface area contributed by atoms with Crippen molar-refractivity contribution >= 4 is 5.97 Å². The van der Waals surface area contributed by atoms with E-state index >= 15 is 0 Å². The van der Waals surface area contributed by atoms with Crippen LogP contribution in [-0.2, 0) is 4.79 Å². The third-order valence-corrected chi connectivity index (χ3v) is 5.98. The Balaban J connectivity index is 1.54. The van der Waals surface area contributed by atoms with Gasteiger partial charge in [0.05, 0.1) is 12.0 Å². The number of hydrogen-bond acceptors (Lipinski definition) is 3. The molecule has 0 spiro atoms. The lowest BCUT2D eigenvalue weighted by Crippen LogP contribution is -2.75. The van der Waals surface area contributed by atoms with E-state index in [1.165, 1.54) is 38.5 Å². The summed E-state index contributed by atoms with van der Waals surface area (Å²) in [4.78, 5) is 11.1. The first-order valence-electron chi connectivity index (χ1n) is 7.78. The van der Waals surface area contributed by atoms with E-state index in [0.717, 1.165) is 30.8 Å². The number of hydrogen-bond donors (Lipinski definition) is 3. The van der Waals surface area contributed by atoms with E-state index in [0.29, 0.717) is 0 Å². The molecule has 5 fully saturated rings. The second-order valence-corrected chi connectivity index (χ2v) is 7.78. The highest BCUT2D eigenvalue weighted by atomic mass is 16.4. The van der Waals surface area contributed by atoms with Gasteiger partial charge in [0.1, 0.15) is 0 Å². The summed E-state index contributed by atoms with van der Waals surface area (Å²) in [6, 6.07) is 0. The molecule has 0 aromatic carbocycles. The molecule has 4 saturated carbocycles. The molecule has 1 aliphatic heterocycles. The fourth-order valence-corrected chi connectivity index (χ4v) is 5.80. The summed E-state index contributed by atoms with van der Waals surface area (Å²) < 4.78 is 0. The lowest BCUT2D eigenvalue weighted by Gasteiger charge is -2.61. The van der Waals surface area contributed by atoms with Gasteiger partial charge in [-0.15, -0.1) is 0 Å². The molecular formula is C15H24N2O2. The van der Waals surface area contributed by atoms with Crippen LogP contribution in [-0.4, -0.2) is 35.2 Å². The van der Waals surface area contributed by atoms with E-state index in [9.17, 15) is 4.79 Å². The van der Waals surface area contributed by atoms with Crippen LogP contribution in [0.3, 0.4) is 0 Å². The SMILES string of the molecule is O=C(O)CC1(NC23CC4CC(CC(C4)C2)C3)CNC1. The summed E-state index contributed by atoms with van der Waals surface area (Å²) in [5.41, 5.74) is 0.101. The maximum atomic E-state index is 11.1. The number of rotatable bonds is 4. The minimum atomic E-state index is -0.668. The average molecular weight is 264 g/mol. The highest BCUT2D eigenvalue weighted by Crippen LogP contribution is 2.56. The summed E-state index contributed by atoms with van der Waals surface area (Å²) in [5, 5.41) is 16.3. The maximum Gasteiger partial charge on any atom is 0.305 e. The van der Waals surface area contributed by atoms with E-state index in [1.54, 1.807) is 0 Å². The Morgan fingerprint density at radius 3 is 2.00 bits per heavy atom. The Morgan fingerprint density at radius 2 is 1.63 bits per heavy atom. The van der Waals surface area contributed by atoms with Crippen LogP contribution in [0.4, 0.5) is 0 Å². The molecule has 4 aliphatic carbocycles. The molecular weight excluding hydrogens is 240 g/mol. The fraction of sp³-hybridized carbons (Fsp3) is 0.933. The second-order valence-electron chi connectivity index (χ2n) is 7.78. The Kier molecular flexibility index (Phi) is 2.53. The number of nitrogens with one attached hydrogen (secondary N) is 2. The Hall–Kier alpha value is -0.610. The normalized spacial score (nSPS) is 46.0. The highest BCUT2D eigenvalue weighted by Gasteiger charge is 2.54. The van der Waals surface area contributed by atoms with E-state index in [4.69, 9.17) is 5.11 Å². The molecule has 5 aliphatic rings. The monoisotopic (exact) mass is 264 g/mol. The summed E-state index contributed by atoms with van der Waals surface area (Å²) in [6.45, 7) is 1.64. The van der Waals surface area contributed by atoms with Crippen LogP contribution in [0.1, 0.15) is 44.9 Å². The van der Waals surface area contributed by atoms with Crippen molar-refractivity contribution in [2.75, 3.05) is 13.1 Å². The molecule has 1 saturated heterocycles. The van der Waals surface area contributed by atoms with Crippen molar-refractivity contribution in [3.63, 3.8) is 0 Å². The topological polar surface area (TPSA) is 61.4 Å². The van der Waals surface area contributed by atoms with Gasteiger partial charge in [0, 0.05) is 18.6 Å². The number of carboxylic acid groups (broad SMARTS) is 1. The standard InChI is InChI=1S/C15H24N2O2/c18-13(19)7-15(8-16-9-15)17-14-4-10-1-11(5-14)3-12(2-10)6-14/h10-12,16-17H,1-9H2,(H,18,19). The van der Waals surface area contributed by atoms with Crippen molar-refractivity contribution in [3.8, 4) is 0 Å². The number of carboxylic acids is 1. The minimum absolute atomic E-state index is 0.169. The van der Waals surface area contributed by atoms with E-state index < -0.39 is 5.97 Å². The van der Waals surface area contributed by atoms with Gasteiger partial charge < -0.3 is 15.7 Å². The van der Waals surface area contributed by atoms with Gasteiger partial charge in [-0.2, -0.15) is 0 Å². The average Bonchev–Trinajstić information content (AvgIpc) is 2.22. The maximum absolute atomic E-state index is 11.1. The number of aliphatic carboxylic acids is 1. The van der Waals surface area contributed by atoms with Crippen molar-refractivity contribution in [1.82, 2.24) is 10.6 Å². The van der Waals surface area contributed by atoms with Gasteiger partial charge in [-0.05, 0) is 56.3 Å². The predicted octanol–water partition coefficient (Wildman–Crippen LogP) is 1.36. The zero-order valence-corrected chi connectivity index (χ0v) is 11.5. The van der Waals surface area contributed by atoms with Crippen molar-refractivity contribution in [3.05, 3.63) is 0 Å². The first-order valence-corrected chi connectivity index (χ1v) is 7.78. The molecule has 5 rings (SSSR count). The molecule has 4 bridgehead atoms. The minimum Gasteiger partial charge on any atom is -0.481 e. The predicted molar refractivity (Wildman–Crippen MR) is 71.9 cm³/mol. The van der Waals surface area contributed by atoms with Crippen LogP contribution in [0.25, 0.3) is 0 Å². The molecule has 4 nitrogen and oxygen atoms in total. The molecule has 0 aromatic heterocycles. The Morgan fingerprint density at radius 1 is 1.11 bits per heavy atom. The van der Waals surface area contributed by atoms with Crippen molar-refractivity contribution < 1.29 is 9.90 Å². The molecule has 19 heavy (non-hydrogen) atoms. The summed E-state index contributed by atoms with van der Waals surface area (Å²) >= 11 is 0. The van der Waals surface area contributed by atoms with Gasteiger partial charge in [0.25, 0.3) is 0 Å². The second kappa shape index (κ2) is 3.95. The van der Waals surface area contributed by atoms with Gasteiger partial charge in [-0.3, -0.25) is 4.79 Å². The molecule has 3 N–H and O–H groups in total. The lowest BCUT2D eigenvalue weighted by atomic mass is 9.52. The van der Waals surface area contributed by atoms with Crippen LogP contribution >= 0.6 is 0 Å². The molecule has 0 unspecified atom stereocenters. The van der Waals surface area contributed by atoms with Crippen molar-refractivity contribution in [1.29, 1.82) is 0 Å². The quantitative estimate of drug-likeness (QED) is 0.717. The summed E-state index contributed by atoms with van der Waals surface area (Å²) in [7, 11) is 0.